The largest absolute Gasteiger partial charge is 0.497 e. The number of benzene rings is 2. The molecule has 2 aromatic rings. The molecule has 0 heterocycles. The first kappa shape index (κ1) is 12.2. The molecule has 3 nitrogen and oxygen atoms in total. The Balaban J connectivity index is 2.07. The van der Waals surface area contributed by atoms with Crippen LogP contribution >= 0.6 is 0 Å². The average molecular weight is 240 g/mol. The predicted octanol–water partition coefficient (Wildman–Crippen LogP) is 2.93. The molecule has 2 aromatic carbocycles. The summed E-state index contributed by atoms with van der Waals surface area (Å²) in [4.78, 5) is 4.37. The van der Waals surface area contributed by atoms with E-state index in [2.05, 4.69) is 4.99 Å². The fraction of sp³-hybridized carbons (Fsp3) is 0.133. The number of hydrogen-bond donors (Lipinski definition) is 1. The van der Waals surface area contributed by atoms with Gasteiger partial charge in [0.25, 0.3) is 0 Å². The van der Waals surface area contributed by atoms with Crippen molar-refractivity contribution in [2.24, 2.45) is 10.7 Å². The van der Waals surface area contributed by atoms with Gasteiger partial charge in [0.05, 0.1) is 12.8 Å². The molecule has 0 saturated carbocycles. The third kappa shape index (κ3) is 3.35. The van der Waals surface area contributed by atoms with Crippen molar-refractivity contribution in [1.29, 1.82) is 0 Å². The molecule has 0 atom stereocenters. The summed E-state index contributed by atoms with van der Waals surface area (Å²) in [7, 11) is 1.64. The summed E-state index contributed by atoms with van der Waals surface area (Å²) in [5.41, 5.74) is 7.92. The third-order valence-electron chi connectivity index (χ3n) is 2.57. The van der Waals surface area contributed by atoms with E-state index in [0.717, 1.165) is 17.0 Å². The molecular weight excluding hydrogens is 224 g/mol. The molecule has 18 heavy (non-hydrogen) atoms. The van der Waals surface area contributed by atoms with E-state index in [4.69, 9.17) is 10.5 Å². The van der Waals surface area contributed by atoms with Gasteiger partial charge >= 0.3 is 0 Å². The smallest absolute Gasteiger partial charge is 0.119 e. The fourth-order valence-corrected chi connectivity index (χ4v) is 1.67. The van der Waals surface area contributed by atoms with Gasteiger partial charge in [0, 0.05) is 6.42 Å². The molecule has 0 spiro atoms. The number of nitrogens with zero attached hydrogens (tertiary/aromatic N) is 1. The van der Waals surface area contributed by atoms with Crippen molar-refractivity contribution in [2.45, 2.75) is 6.42 Å². The van der Waals surface area contributed by atoms with Crippen molar-refractivity contribution < 1.29 is 4.74 Å². The summed E-state index contributed by atoms with van der Waals surface area (Å²) in [6, 6.07) is 17.6. The molecule has 0 bridgehead atoms. The molecule has 0 radical (unpaired) electrons. The fourth-order valence-electron chi connectivity index (χ4n) is 1.67. The van der Waals surface area contributed by atoms with E-state index >= 15 is 0 Å². The second-order valence-corrected chi connectivity index (χ2v) is 3.96. The van der Waals surface area contributed by atoms with Gasteiger partial charge < -0.3 is 10.5 Å². The van der Waals surface area contributed by atoms with Crippen LogP contribution in [-0.4, -0.2) is 12.9 Å². The van der Waals surface area contributed by atoms with E-state index in [9.17, 15) is 0 Å². The first-order valence-corrected chi connectivity index (χ1v) is 5.79. The Bertz CT molecular complexity index is 518. The van der Waals surface area contributed by atoms with Gasteiger partial charge in [-0.25, -0.2) is 4.99 Å². The Labute approximate surface area is 107 Å². The molecule has 2 rings (SSSR count). The number of aliphatic imine (C=N–C) groups is 1. The second kappa shape index (κ2) is 5.87. The van der Waals surface area contributed by atoms with Gasteiger partial charge in [-0.05, 0) is 29.8 Å². The lowest BCUT2D eigenvalue weighted by Gasteiger charge is -2.02. The van der Waals surface area contributed by atoms with Crippen molar-refractivity contribution in [1.82, 2.24) is 0 Å². The minimum atomic E-state index is 0.603. The standard InChI is InChI=1S/C15H16N2O/c1-18-14-9-7-13(8-10-14)17-15(16)11-12-5-3-2-4-6-12/h2-10H,11H2,1H3,(H2,16,17). The lowest BCUT2D eigenvalue weighted by atomic mass is 10.1. The zero-order chi connectivity index (χ0) is 12.8. The van der Waals surface area contributed by atoms with Crippen LogP contribution in [0.1, 0.15) is 5.56 Å². The highest BCUT2D eigenvalue weighted by molar-refractivity contribution is 5.85. The molecule has 0 fully saturated rings. The Hall–Kier alpha value is -2.29. The Kier molecular flexibility index (Phi) is 3.97. The monoisotopic (exact) mass is 240 g/mol. The van der Waals surface area contributed by atoms with E-state index < -0.39 is 0 Å². The number of rotatable bonds is 4. The zero-order valence-corrected chi connectivity index (χ0v) is 10.3. The van der Waals surface area contributed by atoms with Crippen molar-refractivity contribution in [2.75, 3.05) is 7.11 Å². The lowest BCUT2D eigenvalue weighted by molar-refractivity contribution is 0.415. The van der Waals surface area contributed by atoms with Gasteiger partial charge in [-0.2, -0.15) is 0 Å². The number of nitrogens with two attached hydrogens (primary N) is 1. The highest BCUT2D eigenvalue weighted by Gasteiger charge is 1.97. The minimum absolute atomic E-state index is 0.603. The SMILES string of the molecule is COc1ccc(N=C(N)Cc2ccccc2)cc1. The Morgan fingerprint density at radius 2 is 1.72 bits per heavy atom. The van der Waals surface area contributed by atoms with Crippen LogP contribution in [0.2, 0.25) is 0 Å². The molecule has 0 aliphatic carbocycles. The predicted molar refractivity (Wildman–Crippen MR) is 74.4 cm³/mol. The molecule has 0 aromatic heterocycles. The topological polar surface area (TPSA) is 47.6 Å². The maximum absolute atomic E-state index is 5.93. The van der Waals surface area contributed by atoms with Crippen LogP contribution in [0.5, 0.6) is 5.75 Å². The maximum Gasteiger partial charge on any atom is 0.119 e. The molecule has 0 saturated heterocycles. The van der Waals surface area contributed by atoms with E-state index in [0.29, 0.717) is 12.3 Å². The first-order chi connectivity index (χ1) is 8.78. The number of amidine groups is 1. The second-order valence-electron chi connectivity index (χ2n) is 3.96. The van der Waals surface area contributed by atoms with Crippen molar-refractivity contribution in [3.63, 3.8) is 0 Å². The molecule has 0 unspecified atom stereocenters. The van der Waals surface area contributed by atoms with Crippen LogP contribution in [0.25, 0.3) is 0 Å². The normalized spacial score (nSPS) is 11.3. The van der Waals surface area contributed by atoms with E-state index in [1.165, 1.54) is 0 Å². The van der Waals surface area contributed by atoms with Crippen LogP contribution in [0.3, 0.4) is 0 Å². The van der Waals surface area contributed by atoms with E-state index in [-0.39, 0.29) is 0 Å². The first-order valence-electron chi connectivity index (χ1n) is 5.79. The van der Waals surface area contributed by atoms with Crippen molar-refractivity contribution >= 4 is 11.5 Å². The lowest BCUT2D eigenvalue weighted by Crippen LogP contribution is -2.14. The van der Waals surface area contributed by atoms with Crippen LogP contribution < -0.4 is 10.5 Å². The van der Waals surface area contributed by atoms with Crippen LogP contribution in [0.4, 0.5) is 5.69 Å². The summed E-state index contributed by atoms with van der Waals surface area (Å²) in [6.45, 7) is 0. The molecule has 0 amide bonds. The summed E-state index contributed by atoms with van der Waals surface area (Å²) in [5.74, 6) is 1.42. The zero-order valence-electron chi connectivity index (χ0n) is 10.3. The molecule has 92 valence electrons. The van der Waals surface area contributed by atoms with Crippen molar-refractivity contribution in [3.05, 3.63) is 60.2 Å². The Morgan fingerprint density at radius 1 is 1.06 bits per heavy atom. The highest BCUT2D eigenvalue weighted by Crippen LogP contribution is 2.17. The summed E-state index contributed by atoms with van der Waals surface area (Å²) in [5, 5.41) is 0. The molecule has 0 aliphatic rings. The summed E-state index contributed by atoms with van der Waals surface area (Å²) in [6.07, 6.45) is 0.660. The Morgan fingerprint density at radius 3 is 2.33 bits per heavy atom. The number of methoxy groups -OCH3 is 1. The highest BCUT2D eigenvalue weighted by atomic mass is 16.5. The summed E-state index contributed by atoms with van der Waals surface area (Å²) >= 11 is 0. The molecule has 2 N–H and O–H groups in total. The van der Waals surface area contributed by atoms with Gasteiger partial charge in [-0.15, -0.1) is 0 Å². The van der Waals surface area contributed by atoms with Crippen LogP contribution in [-0.2, 0) is 6.42 Å². The van der Waals surface area contributed by atoms with Crippen LogP contribution in [0, 0.1) is 0 Å². The number of ether oxygens (including phenoxy) is 1. The quantitative estimate of drug-likeness (QED) is 0.659. The van der Waals surface area contributed by atoms with Gasteiger partial charge in [-0.1, -0.05) is 30.3 Å². The summed E-state index contributed by atoms with van der Waals surface area (Å²) < 4.78 is 5.09. The number of hydrogen-bond acceptors (Lipinski definition) is 2. The minimum Gasteiger partial charge on any atom is -0.497 e. The van der Waals surface area contributed by atoms with Gasteiger partial charge in [0.1, 0.15) is 11.6 Å². The van der Waals surface area contributed by atoms with Crippen LogP contribution in [0.15, 0.2) is 59.6 Å². The van der Waals surface area contributed by atoms with Gasteiger partial charge in [0.15, 0.2) is 0 Å². The van der Waals surface area contributed by atoms with E-state index in [1.807, 2.05) is 54.6 Å². The third-order valence-corrected chi connectivity index (χ3v) is 2.57. The van der Waals surface area contributed by atoms with E-state index in [1.54, 1.807) is 7.11 Å². The van der Waals surface area contributed by atoms with Gasteiger partial charge in [-0.3, -0.25) is 0 Å². The molecular formula is C15H16N2O. The van der Waals surface area contributed by atoms with Crippen molar-refractivity contribution in [3.8, 4) is 5.75 Å². The molecule has 3 heteroatoms. The maximum atomic E-state index is 5.93. The molecule has 0 aliphatic heterocycles. The van der Waals surface area contributed by atoms with Gasteiger partial charge in [0.2, 0.25) is 0 Å². The average Bonchev–Trinajstić information content (AvgIpc) is 2.40.